The van der Waals surface area contributed by atoms with Crippen molar-refractivity contribution in [2.24, 2.45) is 0 Å². The Morgan fingerprint density at radius 1 is 1.25 bits per heavy atom. The number of nitrogens with one attached hydrogen (secondary N) is 1. The van der Waals surface area contributed by atoms with E-state index in [0.717, 1.165) is 24.7 Å². The topological polar surface area (TPSA) is 66.5 Å². The van der Waals surface area contributed by atoms with Gasteiger partial charge in [-0.05, 0) is 30.9 Å². The Hall–Kier alpha value is -2.17. The molecule has 0 aromatic heterocycles. The number of carbonyl (C=O) groups is 3. The first-order chi connectivity index (χ1) is 9.72. The van der Waals surface area contributed by atoms with Gasteiger partial charge in [0, 0.05) is 24.2 Å². The summed E-state index contributed by atoms with van der Waals surface area (Å²) in [5, 5.41) is 2.85. The molecule has 2 aliphatic heterocycles. The summed E-state index contributed by atoms with van der Waals surface area (Å²) in [6.45, 7) is 1.02. The van der Waals surface area contributed by atoms with E-state index in [1.165, 1.54) is 0 Å². The van der Waals surface area contributed by atoms with Gasteiger partial charge in [-0.25, -0.2) is 0 Å². The number of amides is 2. The summed E-state index contributed by atoms with van der Waals surface area (Å²) in [6.07, 6.45) is 3.31. The molecule has 2 aliphatic rings. The van der Waals surface area contributed by atoms with E-state index < -0.39 is 6.04 Å². The van der Waals surface area contributed by atoms with Crippen LogP contribution >= 0.6 is 0 Å². The zero-order valence-corrected chi connectivity index (χ0v) is 11.1. The van der Waals surface area contributed by atoms with E-state index in [1.807, 2.05) is 0 Å². The third-order valence-corrected chi connectivity index (χ3v) is 4.04. The summed E-state index contributed by atoms with van der Waals surface area (Å²) in [5.41, 5.74) is 1.82. The monoisotopic (exact) mass is 272 g/mol. The van der Waals surface area contributed by atoms with Gasteiger partial charge in [0.25, 0.3) is 5.91 Å². The molecule has 1 atom stereocenters. The first kappa shape index (κ1) is 12.8. The standard InChI is InChI=1S/C15H16N2O3/c18-9-10-4-3-5-11-12(10)8-17(15(11)20)13-6-1-2-7-16-14(13)19/h3-5,9,13H,1-2,6-8H2,(H,16,19)/t13-/m0/s1. The molecule has 0 spiro atoms. The normalized spacial score (nSPS) is 22.2. The van der Waals surface area contributed by atoms with Crippen molar-refractivity contribution in [2.45, 2.75) is 31.8 Å². The number of rotatable bonds is 2. The third-order valence-electron chi connectivity index (χ3n) is 4.04. The van der Waals surface area contributed by atoms with Crippen molar-refractivity contribution in [3.8, 4) is 0 Å². The molecule has 0 aliphatic carbocycles. The summed E-state index contributed by atoms with van der Waals surface area (Å²) in [6, 6.07) is 4.71. The molecule has 20 heavy (non-hydrogen) atoms. The Kier molecular flexibility index (Phi) is 3.26. The van der Waals surface area contributed by atoms with Gasteiger partial charge < -0.3 is 10.2 Å². The maximum Gasteiger partial charge on any atom is 0.255 e. The first-order valence-electron chi connectivity index (χ1n) is 6.88. The van der Waals surface area contributed by atoms with E-state index in [-0.39, 0.29) is 11.8 Å². The fourth-order valence-corrected chi connectivity index (χ4v) is 2.96. The van der Waals surface area contributed by atoms with E-state index in [1.54, 1.807) is 23.1 Å². The zero-order valence-electron chi connectivity index (χ0n) is 11.1. The molecule has 1 saturated heterocycles. The summed E-state index contributed by atoms with van der Waals surface area (Å²) in [7, 11) is 0. The lowest BCUT2D eigenvalue weighted by molar-refractivity contribution is -0.125. The lowest BCUT2D eigenvalue weighted by atomic mass is 10.0. The van der Waals surface area contributed by atoms with Gasteiger partial charge in [-0.2, -0.15) is 0 Å². The average molecular weight is 272 g/mol. The summed E-state index contributed by atoms with van der Waals surface area (Å²) < 4.78 is 0. The molecule has 104 valence electrons. The maximum atomic E-state index is 12.5. The highest BCUT2D eigenvalue weighted by molar-refractivity contribution is 6.03. The van der Waals surface area contributed by atoms with Gasteiger partial charge in [0.15, 0.2) is 0 Å². The van der Waals surface area contributed by atoms with Gasteiger partial charge in [-0.1, -0.05) is 12.1 Å². The molecule has 0 bridgehead atoms. The van der Waals surface area contributed by atoms with E-state index >= 15 is 0 Å². The first-order valence-corrected chi connectivity index (χ1v) is 6.88. The highest BCUT2D eigenvalue weighted by Gasteiger charge is 2.37. The molecule has 0 saturated carbocycles. The minimum atomic E-state index is -0.420. The van der Waals surface area contributed by atoms with E-state index in [0.29, 0.717) is 30.6 Å². The average Bonchev–Trinajstić information content (AvgIpc) is 2.65. The summed E-state index contributed by atoms with van der Waals surface area (Å²) in [4.78, 5) is 37.2. The lowest BCUT2D eigenvalue weighted by Crippen LogP contribution is -2.45. The number of aldehydes is 1. The quantitative estimate of drug-likeness (QED) is 0.820. The van der Waals surface area contributed by atoms with Crippen molar-refractivity contribution in [2.75, 3.05) is 6.54 Å². The van der Waals surface area contributed by atoms with Gasteiger partial charge >= 0.3 is 0 Å². The largest absolute Gasteiger partial charge is 0.354 e. The lowest BCUT2D eigenvalue weighted by Gasteiger charge is -2.25. The second-order valence-electron chi connectivity index (χ2n) is 5.23. The SMILES string of the molecule is O=Cc1cccc2c1CN([C@H]1CCCCNC1=O)C2=O. The Labute approximate surface area is 116 Å². The molecule has 1 N–H and O–H groups in total. The fourth-order valence-electron chi connectivity index (χ4n) is 2.96. The highest BCUT2D eigenvalue weighted by Crippen LogP contribution is 2.28. The number of benzene rings is 1. The Morgan fingerprint density at radius 3 is 2.90 bits per heavy atom. The Balaban J connectivity index is 1.93. The van der Waals surface area contributed by atoms with E-state index in [9.17, 15) is 14.4 Å². The van der Waals surface area contributed by atoms with Crippen molar-refractivity contribution >= 4 is 18.1 Å². The van der Waals surface area contributed by atoms with Crippen molar-refractivity contribution in [3.05, 3.63) is 34.9 Å². The van der Waals surface area contributed by atoms with E-state index in [2.05, 4.69) is 5.32 Å². The van der Waals surface area contributed by atoms with Crippen LogP contribution in [0.25, 0.3) is 0 Å². The number of fused-ring (bicyclic) bond motifs is 1. The minimum absolute atomic E-state index is 0.0868. The molecule has 2 heterocycles. The van der Waals surface area contributed by atoms with Crippen molar-refractivity contribution < 1.29 is 14.4 Å². The molecule has 2 amide bonds. The van der Waals surface area contributed by atoms with Crippen LogP contribution < -0.4 is 5.32 Å². The molecule has 1 fully saturated rings. The minimum Gasteiger partial charge on any atom is -0.354 e. The fraction of sp³-hybridized carbons (Fsp3) is 0.400. The van der Waals surface area contributed by atoms with Crippen LogP contribution in [0.5, 0.6) is 0 Å². The molecular formula is C15H16N2O3. The molecule has 0 radical (unpaired) electrons. The van der Waals surface area contributed by atoms with Gasteiger partial charge in [-0.15, -0.1) is 0 Å². The van der Waals surface area contributed by atoms with Crippen molar-refractivity contribution in [1.82, 2.24) is 10.2 Å². The van der Waals surface area contributed by atoms with Crippen LogP contribution in [-0.2, 0) is 11.3 Å². The number of carbonyl (C=O) groups excluding carboxylic acids is 3. The maximum absolute atomic E-state index is 12.5. The number of hydrogen-bond acceptors (Lipinski definition) is 3. The third kappa shape index (κ3) is 1.99. The van der Waals surface area contributed by atoms with Crippen LogP contribution in [0.15, 0.2) is 18.2 Å². The van der Waals surface area contributed by atoms with Crippen LogP contribution in [0, 0.1) is 0 Å². The molecule has 3 rings (SSSR count). The highest BCUT2D eigenvalue weighted by atomic mass is 16.2. The van der Waals surface area contributed by atoms with Crippen molar-refractivity contribution in [1.29, 1.82) is 0 Å². The van der Waals surface area contributed by atoms with Crippen LogP contribution in [0.3, 0.4) is 0 Å². The Bertz CT molecular complexity index is 582. The van der Waals surface area contributed by atoms with Gasteiger partial charge in [0.1, 0.15) is 12.3 Å². The second kappa shape index (κ2) is 5.07. The van der Waals surface area contributed by atoms with Crippen LogP contribution in [0.4, 0.5) is 0 Å². The Morgan fingerprint density at radius 2 is 2.10 bits per heavy atom. The zero-order chi connectivity index (χ0) is 14.1. The van der Waals surface area contributed by atoms with Crippen LogP contribution in [0.2, 0.25) is 0 Å². The predicted molar refractivity (Wildman–Crippen MR) is 72.4 cm³/mol. The van der Waals surface area contributed by atoms with Crippen LogP contribution in [0.1, 0.15) is 45.5 Å². The van der Waals surface area contributed by atoms with Crippen molar-refractivity contribution in [3.63, 3.8) is 0 Å². The van der Waals surface area contributed by atoms with Gasteiger partial charge in [0.2, 0.25) is 5.91 Å². The van der Waals surface area contributed by atoms with E-state index in [4.69, 9.17) is 0 Å². The molecule has 0 unspecified atom stereocenters. The number of nitrogens with zero attached hydrogens (tertiary/aromatic N) is 1. The number of hydrogen-bond donors (Lipinski definition) is 1. The van der Waals surface area contributed by atoms with Gasteiger partial charge in [0.05, 0.1) is 0 Å². The predicted octanol–water partition coefficient (Wildman–Crippen LogP) is 1.12. The van der Waals surface area contributed by atoms with Gasteiger partial charge in [-0.3, -0.25) is 14.4 Å². The molecule has 1 aromatic carbocycles. The molecule has 5 nitrogen and oxygen atoms in total. The van der Waals surface area contributed by atoms with Crippen LogP contribution in [-0.4, -0.2) is 35.6 Å². The smallest absolute Gasteiger partial charge is 0.255 e. The summed E-state index contributed by atoms with van der Waals surface area (Å²) in [5.74, 6) is -0.234. The molecular weight excluding hydrogens is 256 g/mol. The second-order valence-corrected chi connectivity index (χ2v) is 5.23. The molecule has 5 heteroatoms. The molecule has 1 aromatic rings. The summed E-state index contributed by atoms with van der Waals surface area (Å²) >= 11 is 0.